The summed E-state index contributed by atoms with van der Waals surface area (Å²) in [7, 11) is 0. The SMILES string of the molecule is O=C(c1cccc(Cl)c1Cl)N(Cc1ccccc1)Cc1nc2ccccc2c(=O)[nH]1. The summed E-state index contributed by atoms with van der Waals surface area (Å²) in [5.41, 5.74) is 1.56. The second-order valence-corrected chi connectivity index (χ2v) is 7.56. The van der Waals surface area contributed by atoms with E-state index in [1.165, 1.54) is 0 Å². The molecule has 0 unspecified atom stereocenters. The summed E-state index contributed by atoms with van der Waals surface area (Å²) in [6.07, 6.45) is 0. The van der Waals surface area contributed by atoms with Crippen LogP contribution in [0.4, 0.5) is 0 Å². The Labute approximate surface area is 182 Å². The highest BCUT2D eigenvalue weighted by molar-refractivity contribution is 6.43. The molecule has 7 heteroatoms. The zero-order valence-corrected chi connectivity index (χ0v) is 17.3. The molecule has 0 bridgehead atoms. The fourth-order valence-electron chi connectivity index (χ4n) is 3.23. The van der Waals surface area contributed by atoms with Crippen LogP contribution < -0.4 is 5.56 Å². The first-order valence-corrected chi connectivity index (χ1v) is 10.0. The standard InChI is InChI=1S/C23H17Cl2N3O2/c24-18-11-6-10-17(21(18)25)23(30)28(13-15-7-2-1-3-8-15)14-20-26-19-12-5-4-9-16(19)22(29)27-20/h1-12H,13-14H2,(H,26,27,29). The second-order valence-electron chi connectivity index (χ2n) is 6.78. The van der Waals surface area contributed by atoms with Gasteiger partial charge in [-0.1, -0.05) is 71.7 Å². The van der Waals surface area contributed by atoms with Crippen LogP contribution in [-0.4, -0.2) is 20.8 Å². The molecular weight excluding hydrogens is 421 g/mol. The number of amides is 1. The van der Waals surface area contributed by atoms with E-state index in [1.807, 2.05) is 36.4 Å². The molecule has 0 saturated heterocycles. The first-order chi connectivity index (χ1) is 14.5. The molecular formula is C23H17Cl2N3O2. The maximum Gasteiger partial charge on any atom is 0.258 e. The Kier molecular flexibility index (Phi) is 5.84. The molecule has 0 radical (unpaired) electrons. The summed E-state index contributed by atoms with van der Waals surface area (Å²) in [5, 5.41) is 1.00. The van der Waals surface area contributed by atoms with Crippen LogP contribution in [0.1, 0.15) is 21.7 Å². The summed E-state index contributed by atoms with van der Waals surface area (Å²) in [6.45, 7) is 0.426. The Bertz CT molecular complexity index is 1270. The Hall–Kier alpha value is -3.15. The van der Waals surface area contributed by atoms with Crippen molar-refractivity contribution in [3.63, 3.8) is 0 Å². The molecule has 0 saturated carbocycles. The van der Waals surface area contributed by atoms with E-state index >= 15 is 0 Å². The number of carbonyl (C=O) groups is 1. The lowest BCUT2D eigenvalue weighted by molar-refractivity contribution is 0.0725. The Morgan fingerprint density at radius 2 is 1.63 bits per heavy atom. The molecule has 0 aliphatic heterocycles. The van der Waals surface area contributed by atoms with Gasteiger partial charge in [0.1, 0.15) is 5.82 Å². The van der Waals surface area contributed by atoms with Crippen molar-refractivity contribution in [2.24, 2.45) is 0 Å². The molecule has 4 rings (SSSR count). The number of para-hydroxylation sites is 1. The molecule has 1 N–H and O–H groups in total. The minimum absolute atomic E-state index is 0.108. The lowest BCUT2D eigenvalue weighted by Crippen LogP contribution is -2.32. The Morgan fingerprint density at radius 3 is 2.43 bits per heavy atom. The summed E-state index contributed by atoms with van der Waals surface area (Å²) < 4.78 is 0. The Balaban J connectivity index is 1.73. The topological polar surface area (TPSA) is 66.1 Å². The van der Waals surface area contributed by atoms with Gasteiger partial charge in [-0.05, 0) is 29.8 Å². The van der Waals surface area contributed by atoms with Gasteiger partial charge in [-0.25, -0.2) is 4.98 Å². The lowest BCUT2D eigenvalue weighted by atomic mass is 10.1. The number of aromatic nitrogens is 2. The number of carbonyl (C=O) groups excluding carboxylic acids is 1. The normalized spacial score (nSPS) is 10.9. The van der Waals surface area contributed by atoms with E-state index in [4.69, 9.17) is 23.2 Å². The number of rotatable bonds is 5. The van der Waals surface area contributed by atoms with Gasteiger partial charge < -0.3 is 9.88 Å². The van der Waals surface area contributed by atoms with Gasteiger partial charge in [-0.3, -0.25) is 9.59 Å². The first kappa shape index (κ1) is 20.1. The average molecular weight is 438 g/mol. The zero-order chi connectivity index (χ0) is 21.1. The number of hydrogen-bond donors (Lipinski definition) is 1. The predicted molar refractivity (Wildman–Crippen MR) is 119 cm³/mol. The smallest absolute Gasteiger partial charge is 0.258 e. The molecule has 30 heavy (non-hydrogen) atoms. The monoisotopic (exact) mass is 437 g/mol. The molecule has 4 aromatic rings. The van der Waals surface area contributed by atoms with Crippen LogP contribution in [-0.2, 0) is 13.1 Å². The average Bonchev–Trinajstić information content (AvgIpc) is 2.75. The van der Waals surface area contributed by atoms with Crippen LogP contribution in [0.5, 0.6) is 0 Å². The number of hydrogen-bond acceptors (Lipinski definition) is 3. The van der Waals surface area contributed by atoms with Gasteiger partial charge in [0.25, 0.3) is 11.5 Å². The molecule has 0 aliphatic carbocycles. The van der Waals surface area contributed by atoms with Crippen molar-refractivity contribution in [1.82, 2.24) is 14.9 Å². The van der Waals surface area contributed by atoms with Crippen molar-refractivity contribution in [3.05, 3.63) is 110 Å². The van der Waals surface area contributed by atoms with Crippen molar-refractivity contribution >= 4 is 40.0 Å². The fraction of sp³-hybridized carbons (Fsp3) is 0.0870. The van der Waals surface area contributed by atoms with Gasteiger partial charge >= 0.3 is 0 Å². The molecule has 0 fully saturated rings. The second kappa shape index (κ2) is 8.69. The molecule has 5 nitrogen and oxygen atoms in total. The Morgan fingerprint density at radius 1 is 0.900 bits per heavy atom. The molecule has 0 aliphatic rings. The van der Waals surface area contributed by atoms with Gasteiger partial charge in [-0.15, -0.1) is 0 Å². The van der Waals surface area contributed by atoms with E-state index in [0.717, 1.165) is 5.56 Å². The van der Waals surface area contributed by atoms with Crippen LogP contribution in [0.3, 0.4) is 0 Å². The number of H-pyrrole nitrogens is 1. The minimum atomic E-state index is -0.304. The zero-order valence-electron chi connectivity index (χ0n) is 15.8. The summed E-state index contributed by atoms with van der Waals surface area (Å²) in [6, 6.07) is 21.6. The van der Waals surface area contributed by atoms with Crippen molar-refractivity contribution < 1.29 is 4.79 Å². The maximum atomic E-state index is 13.3. The highest BCUT2D eigenvalue weighted by Gasteiger charge is 2.21. The van der Waals surface area contributed by atoms with Crippen molar-refractivity contribution in [1.29, 1.82) is 0 Å². The number of nitrogens with one attached hydrogen (secondary N) is 1. The van der Waals surface area contributed by atoms with E-state index in [1.54, 1.807) is 41.3 Å². The lowest BCUT2D eigenvalue weighted by Gasteiger charge is -2.23. The minimum Gasteiger partial charge on any atom is -0.327 e. The third kappa shape index (κ3) is 4.22. The van der Waals surface area contributed by atoms with Crippen LogP contribution >= 0.6 is 23.2 Å². The summed E-state index contributed by atoms with van der Waals surface area (Å²) >= 11 is 12.4. The van der Waals surface area contributed by atoms with Crippen LogP contribution in [0, 0.1) is 0 Å². The number of aromatic amines is 1. The molecule has 0 spiro atoms. The molecule has 0 atom stereocenters. The quantitative estimate of drug-likeness (QED) is 0.473. The first-order valence-electron chi connectivity index (χ1n) is 9.28. The van der Waals surface area contributed by atoms with Gasteiger partial charge in [0.2, 0.25) is 0 Å². The van der Waals surface area contributed by atoms with E-state index < -0.39 is 0 Å². The highest BCUT2D eigenvalue weighted by atomic mass is 35.5. The number of fused-ring (bicyclic) bond motifs is 1. The van der Waals surface area contributed by atoms with E-state index in [2.05, 4.69) is 9.97 Å². The van der Waals surface area contributed by atoms with E-state index in [0.29, 0.717) is 33.9 Å². The predicted octanol–water partition coefficient (Wildman–Crippen LogP) is 5.07. The largest absolute Gasteiger partial charge is 0.327 e. The molecule has 1 heterocycles. The van der Waals surface area contributed by atoms with Crippen LogP contribution in [0.25, 0.3) is 10.9 Å². The molecule has 1 aromatic heterocycles. The number of nitrogens with zero attached hydrogens (tertiary/aromatic N) is 2. The molecule has 3 aromatic carbocycles. The number of benzene rings is 3. The summed E-state index contributed by atoms with van der Waals surface area (Å²) in [5.74, 6) is 0.0864. The highest BCUT2D eigenvalue weighted by Crippen LogP contribution is 2.27. The van der Waals surface area contributed by atoms with E-state index in [-0.39, 0.29) is 23.0 Å². The van der Waals surface area contributed by atoms with Gasteiger partial charge in [0, 0.05) is 6.54 Å². The number of halogens is 2. The molecule has 150 valence electrons. The third-order valence-electron chi connectivity index (χ3n) is 4.69. The van der Waals surface area contributed by atoms with Crippen LogP contribution in [0.15, 0.2) is 77.6 Å². The van der Waals surface area contributed by atoms with Gasteiger partial charge in [0.05, 0.1) is 33.1 Å². The van der Waals surface area contributed by atoms with Gasteiger partial charge in [-0.2, -0.15) is 0 Å². The van der Waals surface area contributed by atoms with E-state index in [9.17, 15) is 9.59 Å². The summed E-state index contributed by atoms with van der Waals surface area (Å²) in [4.78, 5) is 34.7. The molecule has 1 amide bonds. The van der Waals surface area contributed by atoms with Crippen LogP contribution in [0.2, 0.25) is 10.0 Å². The van der Waals surface area contributed by atoms with Crippen molar-refractivity contribution in [3.8, 4) is 0 Å². The van der Waals surface area contributed by atoms with Crippen molar-refractivity contribution in [2.75, 3.05) is 0 Å². The van der Waals surface area contributed by atoms with Crippen molar-refractivity contribution in [2.45, 2.75) is 13.1 Å². The fourth-order valence-corrected chi connectivity index (χ4v) is 3.61. The maximum absolute atomic E-state index is 13.3. The third-order valence-corrected chi connectivity index (χ3v) is 5.51. The van der Waals surface area contributed by atoms with Gasteiger partial charge in [0.15, 0.2) is 0 Å².